The zero-order chi connectivity index (χ0) is 26.4. The van der Waals surface area contributed by atoms with Crippen LogP contribution in [-0.4, -0.2) is 51.3 Å². The number of nitrogens with zero attached hydrogens (tertiary/aromatic N) is 2. The molecule has 0 bridgehead atoms. The summed E-state index contributed by atoms with van der Waals surface area (Å²) in [7, 11) is 1.68. The summed E-state index contributed by atoms with van der Waals surface area (Å²) in [4.78, 5) is 30.2. The maximum Gasteiger partial charge on any atom is 0.323 e. The van der Waals surface area contributed by atoms with E-state index < -0.39 is 6.03 Å². The number of amides is 3. The number of rotatable bonds is 7. The van der Waals surface area contributed by atoms with Gasteiger partial charge in [-0.05, 0) is 62.4 Å². The van der Waals surface area contributed by atoms with E-state index in [4.69, 9.17) is 16.3 Å². The van der Waals surface area contributed by atoms with E-state index in [1.807, 2.05) is 44.2 Å². The molecule has 194 valence electrons. The van der Waals surface area contributed by atoms with Crippen LogP contribution in [0.3, 0.4) is 0 Å². The number of anilines is 4. The molecule has 3 N–H and O–H groups in total. The lowest BCUT2D eigenvalue weighted by atomic mass is 10.1. The fraction of sp³-hybridized carbons (Fsp3) is 0.286. The SMILES string of the molecule is COc1ccccc1N1CCN(c2ccc(NC(=O)Nc3cccc(Cl)c3)cc2C(=O)NC(C)C)CC1. The average Bonchev–Trinajstić information content (AvgIpc) is 2.88. The summed E-state index contributed by atoms with van der Waals surface area (Å²) < 4.78 is 5.53. The quantitative estimate of drug-likeness (QED) is 0.384. The standard InChI is InChI=1S/C28H32ClN5O3/c1-19(2)30-27(35)23-18-22(32-28(36)31-21-8-6-7-20(29)17-21)11-12-24(23)33-13-15-34(16-14-33)25-9-4-5-10-26(25)37-3/h4-12,17-19H,13-16H2,1-3H3,(H,30,35)(H2,31,32,36). The number of hydrogen-bond donors (Lipinski definition) is 3. The number of nitrogens with one attached hydrogen (secondary N) is 3. The molecule has 0 saturated carbocycles. The van der Waals surface area contributed by atoms with Crippen molar-refractivity contribution in [1.82, 2.24) is 5.32 Å². The fourth-order valence-corrected chi connectivity index (χ4v) is 4.54. The van der Waals surface area contributed by atoms with Crippen molar-refractivity contribution in [2.24, 2.45) is 0 Å². The molecule has 37 heavy (non-hydrogen) atoms. The summed E-state index contributed by atoms with van der Waals surface area (Å²) in [5.74, 6) is 0.662. The zero-order valence-electron chi connectivity index (χ0n) is 21.3. The molecule has 3 aromatic carbocycles. The van der Waals surface area contributed by atoms with Crippen LogP contribution >= 0.6 is 11.6 Å². The first-order valence-electron chi connectivity index (χ1n) is 12.3. The average molecular weight is 522 g/mol. The van der Waals surface area contributed by atoms with Crippen molar-refractivity contribution in [2.45, 2.75) is 19.9 Å². The lowest BCUT2D eigenvalue weighted by Crippen LogP contribution is -2.47. The Morgan fingerprint density at radius 3 is 2.14 bits per heavy atom. The number of carbonyl (C=O) groups excluding carboxylic acids is 2. The van der Waals surface area contributed by atoms with Gasteiger partial charge >= 0.3 is 6.03 Å². The van der Waals surface area contributed by atoms with Gasteiger partial charge in [0.2, 0.25) is 0 Å². The normalized spacial score (nSPS) is 13.3. The molecule has 0 aromatic heterocycles. The largest absolute Gasteiger partial charge is 0.495 e. The van der Waals surface area contributed by atoms with Crippen LogP contribution in [0.15, 0.2) is 66.7 Å². The van der Waals surface area contributed by atoms with E-state index >= 15 is 0 Å². The summed E-state index contributed by atoms with van der Waals surface area (Å²) in [6.07, 6.45) is 0. The monoisotopic (exact) mass is 521 g/mol. The molecule has 1 aliphatic rings. The first kappa shape index (κ1) is 26.2. The topological polar surface area (TPSA) is 85.9 Å². The molecule has 1 fully saturated rings. The second kappa shape index (κ2) is 11.9. The summed E-state index contributed by atoms with van der Waals surface area (Å²) in [6, 6.07) is 19.9. The highest BCUT2D eigenvalue weighted by molar-refractivity contribution is 6.30. The number of ether oxygens (including phenoxy) is 1. The van der Waals surface area contributed by atoms with Crippen LogP contribution in [0.2, 0.25) is 5.02 Å². The van der Waals surface area contributed by atoms with Gasteiger partial charge in [0.15, 0.2) is 0 Å². The van der Waals surface area contributed by atoms with Gasteiger partial charge in [-0.3, -0.25) is 4.79 Å². The molecule has 1 aliphatic heterocycles. The lowest BCUT2D eigenvalue weighted by molar-refractivity contribution is 0.0943. The van der Waals surface area contributed by atoms with Crippen LogP contribution in [0.4, 0.5) is 27.5 Å². The Kier molecular flexibility index (Phi) is 8.40. The van der Waals surface area contributed by atoms with Crippen molar-refractivity contribution >= 4 is 46.3 Å². The maximum atomic E-state index is 13.1. The molecule has 0 atom stereocenters. The molecule has 1 heterocycles. The van der Waals surface area contributed by atoms with Crippen LogP contribution in [-0.2, 0) is 0 Å². The Morgan fingerprint density at radius 1 is 0.838 bits per heavy atom. The first-order valence-corrected chi connectivity index (χ1v) is 12.6. The van der Waals surface area contributed by atoms with Crippen LogP contribution < -0.4 is 30.5 Å². The minimum Gasteiger partial charge on any atom is -0.495 e. The van der Waals surface area contributed by atoms with Crippen LogP contribution in [0, 0.1) is 0 Å². The molecule has 1 saturated heterocycles. The second-order valence-electron chi connectivity index (χ2n) is 9.10. The molecule has 0 spiro atoms. The Hall–Kier alpha value is -3.91. The van der Waals surface area contributed by atoms with E-state index in [0.29, 0.717) is 22.0 Å². The Balaban J connectivity index is 1.51. The van der Waals surface area contributed by atoms with Crippen molar-refractivity contribution in [2.75, 3.05) is 53.7 Å². The van der Waals surface area contributed by atoms with E-state index in [1.165, 1.54) is 0 Å². The minimum absolute atomic E-state index is 0.0227. The third-order valence-corrected chi connectivity index (χ3v) is 6.28. The molecule has 4 rings (SSSR count). The molecule has 3 aromatic rings. The van der Waals surface area contributed by atoms with Crippen LogP contribution in [0.5, 0.6) is 5.75 Å². The van der Waals surface area contributed by atoms with Crippen molar-refractivity contribution < 1.29 is 14.3 Å². The Bertz CT molecular complexity index is 1260. The molecule has 0 radical (unpaired) electrons. The third-order valence-electron chi connectivity index (χ3n) is 6.05. The van der Waals surface area contributed by atoms with E-state index in [0.717, 1.165) is 43.3 Å². The van der Waals surface area contributed by atoms with Gasteiger partial charge in [0.25, 0.3) is 5.91 Å². The van der Waals surface area contributed by atoms with E-state index in [-0.39, 0.29) is 11.9 Å². The van der Waals surface area contributed by atoms with E-state index in [1.54, 1.807) is 37.4 Å². The summed E-state index contributed by atoms with van der Waals surface area (Å²) >= 11 is 6.01. The van der Waals surface area contributed by atoms with Crippen molar-refractivity contribution in [3.8, 4) is 5.75 Å². The van der Waals surface area contributed by atoms with Gasteiger partial charge < -0.3 is 30.5 Å². The van der Waals surface area contributed by atoms with Crippen molar-refractivity contribution in [3.63, 3.8) is 0 Å². The number of urea groups is 1. The highest BCUT2D eigenvalue weighted by atomic mass is 35.5. The predicted octanol–water partition coefficient (Wildman–Crippen LogP) is 5.46. The lowest BCUT2D eigenvalue weighted by Gasteiger charge is -2.38. The number of hydrogen-bond acceptors (Lipinski definition) is 5. The van der Waals surface area contributed by atoms with Crippen LogP contribution in [0.25, 0.3) is 0 Å². The maximum absolute atomic E-state index is 13.1. The number of methoxy groups -OCH3 is 1. The van der Waals surface area contributed by atoms with Gasteiger partial charge in [0.1, 0.15) is 5.75 Å². The highest BCUT2D eigenvalue weighted by Gasteiger charge is 2.24. The third kappa shape index (κ3) is 6.65. The Labute approximate surface area is 222 Å². The Morgan fingerprint density at radius 2 is 1.49 bits per heavy atom. The van der Waals surface area contributed by atoms with Gasteiger partial charge in [0.05, 0.1) is 18.4 Å². The predicted molar refractivity (Wildman–Crippen MR) is 151 cm³/mol. The van der Waals surface area contributed by atoms with Gasteiger partial charge in [-0.25, -0.2) is 4.79 Å². The molecular weight excluding hydrogens is 490 g/mol. The second-order valence-corrected chi connectivity index (χ2v) is 9.53. The van der Waals surface area contributed by atoms with Crippen LogP contribution in [0.1, 0.15) is 24.2 Å². The number of carbonyl (C=O) groups is 2. The van der Waals surface area contributed by atoms with Gasteiger partial charge in [0, 0.05) is 54.3 Å². The van der Waals surface area contributed by atoms with Crippen molar-refractivity contribution in [1.29, 1.82) is 0 Å². The minimum atomic E-state index is -0.421. The van der Waals surface area contributed by atoms with E-state index in [9.17, 15) is 9.59 Å². The van der Waals surface area contributed by atoms with E-state index in [2.05, 4.69) is 31.8 Å². The number of para-hydroxylation sites is 2. The number of halogens is 1. The molecule has 0 aliphatic carbocycles. The summed E-state index contributed by atoms with van der Waals surface area (Å²) in [5, 5.41) is 9.08. The smallest absolute Gasteiger partial charge is 0.323 e. The number of piperazine rings is 1. The highest BCUT2D eigenvalue weighted by Crippen LogP contribution is 2.31. The zero-order valence-corrected chi connectivity index (χ0v) is 22.0. The van der Waals surface area contributed by atoms with Gasteiger partial charge in [-0.1, -0.05) is 29.8 Å². The van der Waals surface area contributed by atoms with Gasteiger partial charge in [-0.2, -0.15) is 0 Å². The van der Waals surface area contributed by atoms with Crippen molar-refractivity contribution in [3.05, 3.63) is 77.3 Å². The number of benzene rings is 3. The van der Waals surface area contributed by atoms with Gasteiger partial charge in [-0.15, -0.1) is 0 Å². The fourth-order valence-electron chi connectivity index (χ4n) is 4.35. The summed E-state index contributed by atoms with van der Waals surface area (Å²) in [5.41, 5.74) is 3.50. The molecular formula is C28H32ClN5O3. The first-order chi connectivity index (χ1) is 17.8. The summed E-state index contributed by atoms with van der Waals surface area (Å²) in [6.45, 7) is 6.89. The molecule has 0 unspecified atom stereocenters. The molecule has 3 amide bonds. The molecule has 8 nitrogen and oxygen atoms in total. The molecule has 9 heteroatoms.